The maximum Gasteiger partial charge on any atom is 0.234 e. The molecule has 0 heterocycles. The molecule has 0 aromatic heterocycles. The highest BCUT2D eigenvalue weighted by atomic mass is 79.9. The molecule has 1 aromatic carbocycles. The molecule has 0 bridgehead atoms. The molecule has 0 aliphatic heterocycles. The lowest BCUT2D eigenvalue weighted by Crippen LogP contribution is -2.43. The normalized spacial score (nSPS) is 10.8. The van der Waals surface area contributed by atoms with Crippen LogP contribution in [-0.2, 0) is 10.3 Å². The summed E-state index contributed by atoms with van der Waals surface area (Å²) in [5, 5.41) is 5.83. The van der Waals surface area contributed by atoms with Crippen molar-refractivity contribution in [3.05, 3.63) is 34.3 Å². The first-order valence-corrected chi connectivity index (χ1v) is 6.46. The fraction of sp³-hybridized carbons (Fsp3) is 0.357. The van der Waals surface area contributed by atoms with E-state index in [4.69, 9.17) is 6.42 Å². The SMILES string of the molecule is C#CCNC(=O)CNC(C)(C)c1ccc(Br)cc1. The molecule has 1 amide bonds. The molecular weight excluding hydrogens is 292 g/mol. The quantitative estimate of drug-likeness (QED) is 0.817. The zero-order valence-corrected chi connectivity index (χ0v) is 12.2. The minimum atomic E-state index is -0.270. The van der Waals surface area contributed by atoms with Crippen LogP contribution in [0.3, 0.4) is 0 Å². The van der Waals surface area contributed by atoms with Crippen LogP contribution < -0.4 is 10.6 Å². The van der Waals surface area contributed by atoms with E-state index in [0.29, 0.717) is 0 Å². The van der Waals surface area contributed by atoms with E-state index in [1.807, 2.05) is 38.1 Å². The average molecular weight is 309 g/mol. The van der Waals surface area contributed by atoms with Gasteiger partial charge in [-0.15, -0.1) is 6.42 Å². The number of benzene rings is 1. The molecule has 3 nitrogen and oxygen atoms in total. The van der Waals surface area contributed by atoms with E-state index >= 15 is 0 Å². The van der Waals surface area contributed by atoms with Crippen molar-refractivity contribution >= 4 is 21.8 Å². The first-order valence-electron chi connectivity index (χ1n) is 5.67. The van der Waals surface area contributed by atoms with Gasteiger partial charge in [0.1, 0.15) is 0 Å². The van der Waals surface area contributed by atoms with Gasteiger partial charge in [-0.1, -0.05) is 34.0 Å². The molecule has 0 aliphatic rings. The minimum Gasteiger partial charge on any atom is -0.344 e. The van der Waals surface area contributed by atoms with Crippen LogP contribution in [0.5, 0.6) is 0 Å². The Labute approximate surface area is 116 Å². The molecule has 2 N–H and O–H groups in total. The Hall–Kier alpha value is -1.31. The lowest BCUT2D eigenvalue weighted by Gasteiger charge is -2.26. The van der Waals surface area contributed by atoms with Crippen molar-refractivity contribution in [2.75, 3.05) is 13.1 Å². The van der Waals surface area contributed by atoms with Crippen molar-refractivity contribution in [1.29, 1.82) is 0 Å². The van der Waals surface area contributed by atoms with Crippen LogP contribution in [0.1, 0.15) is 19.4 Å². The Morgan fingerprint density at radius 2 is 2.00 bits per heavy atom. The molecule has 0 saturated carbocycles. The van der Waals surface area contributed by atoms with E-state index in [2.05, 4.69) is 32.5 Å². The summed E-state index contributed by atoms with van der Waals surface area (Å²) in [6, 6.07) is 8.02. The van der Waals surface area contributed by atoms with Gasteiger partial charge in [0, 0.05) is 10.0 Å². The standard InChI is InChI=1S/C14H17BrN2O/c1-4-9-16-13(18)10-17-14(2,3)11-5-7-12(15)8-6-11/h1,5-8,17H,9-10H2,2-3H3,(H,16,18). The number of hydrogen-bond donors (Lipinski definition) is 2. The zero-order chi connectivity index (χ0) is 13.6. The van der Waals surface area contributed by atoms with Crippen LogP contribution in [-0.4, -0.2) is 19.0 Å². The lowest BCUT2D eigenvalue weighted by atomic mass is 9.94. The maximum absolute atomic E-state index is 11.5. The molecule has 0 radical (unpaired) electrons. The molecule has 96 valence electrons. The predicted molar refractivity (Wildman–Crippen MR) is 77.0 cm³/mol. The average Bonchev–Trinajstić information content (AvgIpc) is 2.34. The smallest absolute Gasteiger partial charge is 0.234 e. The first-order chi connectivity index (χ1) is 8.45. The van der Waals surface area contributed by atoms with Gasteiger partial charge in [0.05, 0.1) is 13.1 Å². The van der Waals surface area contributed by atoms with E-state index in [1.54, 1.807) is 0 Å². The Bertz CT molecular complexity index is 446. The van der Waals surface area contributed by atoms with Crippen LogP contribution in [0.25, 0.3) is 0 Å². The Morgan fingerprint density at radius 3 is 2.56 bits per heavy atom. The highest BCUT2D eigenvalue weighted by Gasteiger charge is 2.20. The van der Waals surface area contributed by atoms with Crippen molar-refractivity contribution in [2.45, 2.75) is 19.4 Å². The second-order valence-corrected chi connectivity index (χ2v) is 5.38. The second-order valence-electron chi connectivity index (χ2n) is 4.47. The van der Waals surface area contributed by atoms with Gasteiger partial charge < -0.3 is 5.32 Å². The largest absolute Gasteiger partial charge is 0.344 e. The molecule has 4 heteroatoms. The third-order valence-corrected chi connectivity index (χ3v) is 3.17. The summed E-state index contributed by atoms with van der Waals surface area (Å²) in [5.74, 6) is 2.27. The third-order valence-electron chi connectivity index (χ3n) is 2.64. The van der Waals surface area contributed by atoms with Gasteiger partial charge in [-0.3, -0.25) is 10.1 Å². The van der Waals surface area contributed by atoms with Gasteiger partial charge >= 0.3 is 0 Å². The van der Waals surface area contributed by atoms with Crippen LogP contribution in [0.4, 0.5) is 0 Å². The molecule has 1 rings (SSSR count). The molecule has 18 heavy (non-hydrogen) atoms. The van der Waals surface area contributed by atoms with Gasteiger partial charge in [0.15, 0.2) is 0 Å². The predicted octanol–water partition coefficient (Wildman–Crippen LogP) is 2.02. The number of amides is 1. The second kappa shape index (κ2) is 6.58. The molecule has 0 atom stereocenters. The van der Waals surface area contributed by atoms with Gasteiger partial charge in [-0.25, -0.2) is 0 Å². The Morgan fingerprint density at radius 1 is 1.39 bits per heavy atom. The molecular formula is C14H17BrN2O. The molecule has 0 saturated heterocycles. The Kier molecular flexibility index (Phi) is 5.39. The van der Waals surface area contributed by atoms with Crippen molar-refractivity contribution in [1.82, 2.24) is 10.6 Å². The minimum absolute atomic E-state index is 0.0989. The van der Waals surface area contributed by atoms with E-state index in [0.717, 1.165) is 10.0 Å². The summed E-state index contributed by atoms with van der Waals surface area (Å²) in [5.41, 5.74) is 0.851. The number of carbonyl (C=O) groups excluding carboxylic acids is 1. The fourth-order valence-electron chi connectivity index (χ4n) is 1.48. The summed E-state index contributed by atoms with van der Waals surface area (Å²) in [7, 11) is 0. The number of carbonyl (C=O) groups is 1. The van der Waals surface area contributed by atoms with Crippen LogP contribution in [0.15, 0.2) is 28.7 Å². The monoisotopic (exact) mass is 308 g/mol. The number of hydrogen-bond acceptors (Lipinski definition) is 2. The summed E-state index contributed by atoms with van der Waals surface area (Å²) >= 11 is 3.40. The summed E-state index contributed by atoms with van der Waals surface area (Å²) in [4.78, 5) is 11.5. The highest BCUT2D eigenvalue weighted by molar-refractivity contribution is 9.10. The van der Waals surface area contributed by atoms with E-state index in [1.165, 1.54) is 0 Å². The van der Waals surface area contributed by atoms with Gasteiger partial charge in [0.25, 0.3) is 0 Å². The molecule has 0 spiro atoms. The van der Waals surface area contributed by atoms with Crippen molar-refractivity contribution in [2.24, 2.45) is 0 Å². The number of rotatable bonds is 5. The number of terminal acetylenes is 1. The first kappa shape index (κ1) is 14.7. The topological polar surface area (TPSA) is 41.1 Å². The van der Waals surface area contributed by atoms with Crippen molar-refractivity contribution in [3.63, 3.8) is 0 Å². The zero-order valence-electron chi connectivity index (χ0n) is 10.6. The highest BCUT2D eigenvalue weighted by Crippen LogP contribution is 2.21. The maximum atomic E-state index is 11.5. The molecule has 0 fully saturated rings. The van der Waals surface area contributed by atoms with Crippen LogP contribution >= 0.6 is 15.9 Å². The molecule has 0 unspecified atom stereocenters. The summed E-state index contributed by atoms with van der Waals surface area (Å²) in [6.07, 6.45) is 5.07. The molecule has 0 aliphatic carbocycles. The lowest BCUT2D eigenvalue weighted by molar-refractivity contribution is -0.120. The van der Waals surface area contributed by atoms with E-state index in [9.17, 15) is 4.79 Å². The van der Waals surface area contributed by atoms with Crippen molar-refractivity contribution < 1.29 is 4.79 Å². The van der Waals surface area contributed by atoms with Crippen LogP contribution in [0.2, 0.25) is 0 Å². The molecule has 1 aromatic rings. The van der Waals surface area contributed by atoms with Crippen LogP contribution in [0, 0.1) is 12.3 Å². The Balaban J connectivity index is 2.57. The van der Waals surface area contributed by atoms with E-state index < -0.39 is 0 Å². The van der Waals surface area contributed by atoms with Gasteiger partial charge in [0.2, 0.25) is 5.91 Å². The van der Waals surface area contributed by atoms with Gasteiger partial charge in [-0.2, -0.15) is 0 Å². The fourth-order valence-corrected chi connectivity index (χ4v) is 1.75. The number of nitrogens with one attached hydrogen (secondary N) is 2. The summed E-state index contributed by atoms with van der Waals surface area (Å²) < 4.78 is 1.04. The number of halogens is 1. The van der Waals surface area contributed by atoms with E-state index in [-0.39, 0.29) is 24.5 Å². The van der Waals surface area contributed by atoms with Gasteiger partial charge in [-0.05, 0) is 31.5 Å². The third kappa shape index (κ3) is 4.52. The summed E-state index contributed by atoms with van der Waals surface area (Å²) in [6.45, 7) is 4.57. The van der Waals surface area contributed by atoms with Crippen molar-refractivity contribution in [3.8, 4) is 12.3 Å².